The minimum atomic E-state index is -0.0736. The fourth-order valence-corrected chi connectivity index (χ4v) is 3.77. The lowest BCUT2D eigenvalue weighted by molar-refractivity contribution is 0.0432. The van der Waals surface area contributed by atoms with E-state index in [0.29, 0.717) is 5.92 Å². The molecule has 0 spiro atoms. The Hall–Kier alpha value is -1.02. The Kier molecular flexibility index (Phi) is 4.30. The van der Waals surface area contributed by atoms with E-state index in [1.807, 2.05) is 0 Å². The third-order valence-electron chi connectivity index (χ3n) is 5.19. The predicted molar refractivity (Wildman–Crippen MR) is 81.1 cm³/mol. The zero-order valence-electron chi connectivity index (χ0n) is 12.5. The van der Waals surface area contributed by atoms with Gasteiger partial charge in [0.1, 0.15) is 5.75 Å². The molecule has 20 heavy (non-hydrogen) atoms. The Labute approximate surface area is 122 Å². The van der Waals surface area contributed by atoms with Crippen molar-refractivity contribution in [2.45, 2.75) is 58.0 Å². The summed E-state index contributed by atoms with van der Waals surface area (Å²) in [6.07, 6.45) is 7.88. The molecule has 0 amide bonds. The van der Waals surface area contributed by atoms with Crippen molar-refractivity contribution in [1.29, 1.82) is 0 Å². The van der Waals surface area contributed by atoms with E-state index in [0.717, 1.165) is 44.0 Å². The summed E-state index contributed by atoms with van der Waals surface area (Å²) in [4.78, 5) is 0. The highest BCUT2D eigenvalue weighted by molar-refractivity contribution is 5.39. The van der Waals surface area contributed by atoms with Gasteiger partial charge in [-0.15, -0.1) is 0 Å². The molecular formula is C18H26O2. The van der Waals surface area contributed by atoms with Gasteiger partial charge < -0.3 is 9.84 Å². The van der Waals surface area contributed by atoms with Gasteiger partial charge in [0.15, 0.2) is 0 Å². The summed E-state index contributed by atoms with van der Waals surface area (Å²) < 4.78 is 5.55. The van der Waals surface area contributed by atoms with Crippen molar-refractivity contribution in [2.75, 3.05) is 6.61 Å². The van der Waals surface area contributed by atoms with Crippen LogP contribution in [0.2, 0.25) is 0 Å². The highest BCUT2D eigenvalue weighted by Crippen LogP contribution is 2.34. The summed E-state index contributed by atoms with van der Waals surface area (Å²) in [5.41, 5.74) is 2.76. The van der Waals surface area contributed by atoms with Crippen LogP contribution in [0.1, 0.15) is 50.2 Å². The summed E-state index contributed by atoms with van der Waals surface area (Å²) in [6.45, 7) is 3.11. The monoisotopic (exact) mass is 274 g/mol. The van der Waals surface area contributed by atoms with E-state index in [9.17, 15) is 5.11 Å². The van der Waals surface area contributed by atoms with Crippen LogP contribution in [0, 0.1) is 11.8 Å². The van der Waals surface area contributed by atoms with Crippen molar-refractivity contribution < 1.29 is 9.84 Å². The van der Waals surface area contributed by atoms with Crippen molar-refractivity contribution in [3.05, 3.63) is 29.3 Å². The fraction of sp³-hybridized carbons (Fsp3) is 0.667. The van der Waals surface area contributed by atoms with Crippen LogP contribution in [-0.2, 0) is 12.8 Å². The van der Waals surface area contributed by atoms with Crippen LogP contribution >= 0.6 is 0 Å². The van der Waals surface area contributed by atoms with Gasteiger partial charge in [0.05, 0.1) is 12.7 Å². The molecule has 0 bridgehead atoms. The minimum Gasteiger partial charge on any atom is -0.493 e. The molecular weight excluding hydrogens is 248 g/mol. The van der Waals surface area contributed by atoms with Crippen molar-refractivity contribution >= 4 is 0 Å². The molecule has 110 valence electrons. The molecule has 2 heteroatoms. The van der Waals surface area contributed by atoms with Gasteiger partial charge in [0, 0.05) is 6.42 Å². The van der Waals surface area contributed by atoms with E-state index < -0.39 is 0 Å². The van der Waals surface area contributed by atoms with Gasteiger partial charge in [-0.25, -0.2) is 0 Å². The molecule has 2 aliphatic rings. The number of fused-ring (bicyclic) bond motifs is 1. The minimum absolute atomic E-state index is 0.0736. The molecule has 1 aliphatic heterocycles. The summed E-state index contributed by atoms with van der Waals surface area (Å²) in [5, 5.41) is 10.2. The summed E-state index contributed by atoms with van der Waals surface area (Å²) in [6, 6.07) is 6.61. The SMILES string of the molecule is CCC1CCC(O)C(CCc2ccc3c(c2)CCO3)C1. The zero-order valence-corrected chi connectivity index (χ0v) is 12.5. The first-order valence-electron chi connectivity index (χ1n) is 8.19. The van der Waals surface area contributed by atoms with Gasteiger partial charge in [0.2, 0.25) is 0 Å². The average molecular weight is 274 g/mol. The van der Waals surface area contributed by atoms with E-state index in [1.54, 1.807) is 0 Å². The van der Waals surface area contributed by atoms with Gasteiger partial charge in [-0.05, 0) is 61.1 Å². The Morgan fingerprint density at radius 2 is 2.20 bits per heavy atom. The first-order chi connectivity index (χ1) is 9.76. The third-order valence-corrected chi connectivity index (χ3v) is 5.19. The van der Waals surface area contributed by atoms with E-state index in [2.05, 4.69) is 25.1 Å². The van der Waals surface area contributed by atoms with Crippen molar-refractivity contribution in [3.63, 3.8) is 0 Å². The highest BCUT2D eigenvalue weighted by atomic mass is 16.5. The largest absolute Gasteiger partial charge is 0.493 e. The van der Waals surface area contributed by atoms with Crippen molar-refractivity contribution in [1.82, 2.24) is 0 Å². The maximum atomic E-state index is 10.2. The van der Waals surface area contributed by atoms with Gasteiger partial charge in [0.25, 0.3) is 0 Å². The molecule has 2 nitrogen and oxygen atoms in total. The molecule has 3 atom stereocenters. The molecule has 0 aromatic heterocycles. The number of ether oxygens (including phenoxy) is 1. The normalized spacial score (nSPS) is 29.0. The summed E-state index contributed by atoms with van der Waals surface area (Å²) in [7, 11) is 0. The molecule has 1 aromatic rings. The molecule has 1 N–H and O–H groups in total. The Morgan fingerprint density at radius 1 is 1.30 bits per heavy atom. The fourth-order valence-electron chi connectivity index (χ4n) is 3.77. The second-order valence-electron chi connectivity index (χ2n) is 6.49. The molecule has 0 radical (unpaired) electrons. The lowest BCUT2D eigenvalue weighted by atomic mass is 9.76. The van der Waals surface area contributed by atoms with Gasteiger partial charge in [-0.1, -0.05) is 25.5 Å². The Balaban J connectivity index is 1.58. The van der Waals surface area contributed by atoms with Crippen molar-refractivity contribution in [2.24, 2.45) is 11.8 Å². The number of rotatable bonds is 4. The van der Waals surface area contributed by atoms with E-state index >= 15 is 0 Å². The third kappa shape index (κ3) is 3.01. The van der Waals surface area contributed by atoms with Crippen molar-refractivity contribution in [3.8, 4) is 5.75 Å². The van der Waals surface area contributed by atoms with Gasteiger partial charge in [-0.3, -0.25) is 0 Å². The van der Waals surface area contributed by atoms with Crippen LogP contribution in [0.4, 0.5) is 0 Å². The molecule has 1 saturated carbocycles. The van der Waals surface area contributed by atoms with Crippen LogP contribution in [0.5, 0.6) is 5.75 Å². The molecule has 3 unspecified atom stereocenters. The van der Waals surface area contributed by atoms with Crippen LogP contribution in [0.15, 0.2) is 18.2 Å². The predicted octanol–water partition coefficient (Wildman–Crippen LogP) is 3.74. The van der Waals surface area contributed by atoms with Crippen LogP contribution in [0.25, 0.3) is 0 Å². The maximum absolute atomic E-state index is 10.2. The number of hydrogen-bond acceptors (Lipinski definition) is 2. The maximum Gasteiger partial charge on any atom is 0.122 e. The first-order valence-corrected chi connectivity index (χ1v) is 8.19. The quantitative estimate of drug-likeness (QED) is 0.906. The van der Waals surface area contributed by atoms with Gasteiger partial charge in [-0.2, -0.15) is 0 Å². The number of benzene rings is 1. The summed E-state index contributed by atoms with van der Waals surface area (Å²) >= 11 is 0. The molecule has 1 aliphatic carbocycles. The topological polar surface area (TPSA) is 29.5 Å². The smallest absolute Gasteiger partial charge is 0.122 e. The number of aryl methyl sites for hydroxylation is 1. The summed E-state index contributed by atoms with van der Waals surface area (Å²) in [5.74, 6) is 2.40. The number of hydrogen-bond donors (Lipinski definition) is 1. The lowest BCUT2D eigenvalue weighted by Gasteiger charge is -2.33. The first kappa shape index (κ1) is 13.9. The van der Waals surface area contributed by atoms with E-state index in [-0.39, 0.29) is 6.10 Å². The average Bonchev–Trinajstić information content (AvgIpc) is 2.94. The molecule has 1 aromatic carbocycles. The standard InChI is InChI=1S/C18H26O2/c1-2-13-4-7-17(19)15(11-13)6-3-14-5-8-18-16(12-14)9-10-20-18/h5,8,12-13,15,17,19H,2-4,6-7,9-11H2,1H3. The van der Waals surface area contributed by atoms with Crippen LogP contribution in [-0.4, -0.2) is 17.8 Å². The second-order valence-corrected chi connectivity index (χ2v) is 6.49. The lowest BCUT2D eigenvalue weighted by Crippen LogP contribution is -2.29. The van der Waals surface area contributed by atoms with Gasteiger partial charge >= 0.3 is 0 Å². The molecule has 1 fully saturated rings. The molecule has 1 heterocycles. The second kappa shape index (κ2) is 6.17. The number of aliphatic hydroxyl groups is 1. The van der Waals surface area contributed by atoms with E-state index in [4.69, 9.17) is 4.74 Å². The Bertz CT molecular complexity index is 455. The highest BCUT2D eigenvalue weighted by Gasteiger charge is 2.28. The number of aliphatic hydroxyl groups excluding tert-OH is 1. The van der Waals surface area contributed by atoms with Crippen LogP contribution in [0.3, 0.4) is 0 Å². The van der Waals surface area contributed by atoms with E-state index in [1.165, 1.54) is 30.4 Å². The van der Waals surface area contributed by atoms with Crippen LogP contribution < -0.4 is 4.74 Å². The molecule has 3 rings (SSSR count). The zero-order chi connectivity index (χ0) is 13.9. The molecule has 0 saturated heterocycles. The Morgan fingerprint density at radius 3 is 3.05 bits per heavy atom.